The molecule has 2 saturated heterocycles. The number of phenolic OH excluding ortho intramolecular Hbond substituents is 2. The molecule has 4 rings (SSSR count). The van der Waals surface area contributed by atoms with E-state index in [1.54, 1.807) is 0 Å². The molecule has 4 nitrogen and oxygen atoms in total. The lowest BCUT2D eigenvalue weighted by Crippen LogP contribution is -2.33. The summed E-state index contributed by atoms with van der Waals surface area (Å²) in [6.45, 7) is 10.3. The van der Waals surface area contributed by atoms with Crippen molar-refractivity contribution in [2.24, 2.45) is 11.8 Å². The molecular weight excluding hydrogens is 348 g/mol. The van der Waals surface area contributed by atoms with E-state index < -0.39 is 0 Å². The van der Waals surface area contributed by atoms with Gasteiger partial charge in [-0.15, -0.1) is 0 Å². The molecule has 2 aliphatic rings. The lowest BCUT2D eigenvalue weighted by molar-refractivity contribution is 0.181. The van der Waals surface area contributed by atoms with Crippen molar-refractivity contribution in [2.45, 2.75) is 52.6 Å². The van der Waals surface area contributed by atoms with Gasteiger partial charge in [0.25, 0.3) is 0 Å². The van der Waals surface area contributed by atoms with E-state index in [1.807, 2.05) is 12.1 Å². The van der Waals surface area contributed by atoms with Gasteiger partial charge in [-0.25, -0.2) is 0 Å². The molecule has 0 saturated carbocycles. The highest BCUT2D eigenvalue weighted by Gasteiger charge is 2.24. The van der Waals surface area contributed by atoms with Crippen LogP contribution in [-0.2, 0) is 13.1 Å². The van der Waals surface area contributed by atoms with Crippen LogP contribution in [0.4, 0.5) is 0 Å². The largest absolute Gasteiger partial charge is 0.504 e. The van der Waals surface area contributed by atoms with E-state index in [9.17, 15) is 10.2 Å². The third-order valence-corrected chi connectivity index (χ3v) is 6.89. The minimum atomic E-state index is 0.0812. The lowest BCUT2D eigenvalue weighted by atomic mass is 9.94. The Bertz CT molecular complexity index is 750. The fraction of sp³-hybridized carbons (Fsp3) is 0.583. The molecule has 4 heteroatoms. The highest BCUT2D eigenvalue weighted by molar-refractivity contribution is 5.93. The summed E-state index contributed by atoms with van der Waals surface area (Å²) >= 11 is 0. The predicted octanol–water partition coefficient (Wildman–Crippen LogP) is 4.71. The zero-order valence-corrected chi connectivity index (χ0v) is 17.3. The second-order valence-corrected chi connectivity index (χ2v) is 9.12. The smallest absolute Gasteiger partial charge is 0.162 e. The second-order valence-electron chi connectivity index (χ2n) is 9.12. The molecule has 0 unspecified atom stereocenters. The van der Waals surface area contributed by atoms with E-state index in [0.29, 0.717) is 13.1 Å². The summed E-state index contributed by atoms with van der Waals surface area (Å²) in [6.07, 6.45) is 4.82. The van der Waals surface area contributed by atoms with E-state index in [2.05, 4.69) is 35.8 Å². The molecule has 2 aromatic carbocycles. The van der Waals surface area contributed by atoms with Crippen LogP contribution in [0.3, 0.4) is 0 Å². The third kappa shape index (κ3) is 3.99. The summed E-state index contributed by atoms with van der Waals surface area (Å²) in [5.74, 6) is 1.73. The molecule has 0 aromatic heterocycles. The molecule has 28 heavy (non-hydrogen) atoms. The third-order valence-electron chi connectivity index (χ3n) is 6.89. The average molecular weight is 383 g/mol. The van der Waals surface area contributed by atoms with Crippen molar-refractivity contribution < 1.29 is 10.2 Å². The Kier molecular flexibility index (Phi) is 5.79. The number of benzene rings is 2. The van der Waals surface area contributed by atoms with Crippen LogP contribution in [0.2, 0.25) is 0 Å². The van der Waals surface area contributed by atoms with Gasteiger partial charge in [0, 0.05) is 24.2 Å². The van der Waals surface area contributed by atoms with Crippen molar-refractivity contribution in [2.75, 3.05) is 26.2 Å². The number of nitrogens with zero attached hydrogens (tertiary/aromatic N) is 2. The van der Waals surface area contributed by atoms with E-state index >= 15 is 0 Å². The van der Waals surface area contributed by atoms with Gasteiger partial charge < -0.3 is 10.2 Å². The van der Waals surface area contributed by atoms with Crippen LogP contribution < -0.4 is 0 Å². The molecule has 2 heterocycles. The zero-order valence-electron chi connectivity index (χ0n) is 17.3. The Balaban J connectivity index is 1.65. The predicted molar refractivity (Wildman–Crippen MR) is 115 cm³/mol. The summed E-state index contributed by atoms with van der Waals surface area (Å²) < 4.78 is 0. The summed E-state index contributed by atoms with van der Waals surface area (Å²) in [5, 5.41) is 24.0. The Morgan fingerprint density at radius 3 is 1.43 bits per heavy atom. The highest BCUT2D eigenvalue weighted by Crippen LogP contribution is 2.42. The Morgan fingerprint density at radius 2 is 1.07 bits per heavy atom. The molecule has 0 amide bonds. The van der Waals surface area contributed by atoms with E-state index in [-0.39, 0.29) is 11.5 Å². The first-order valence-electron chi connectivity index (χ1n) is 10.9. The summed E-state index contributed by atoms with van der Waals surface area (Å²) in [7, 11) is 0. The molecule has 2 aliphatic heterocycles. The molecule has 2 fully saturated rings. The number of aromatic hydroxyl groups is 2. The summed E-state index contributed by atoms with van der Waals surface area (Å²) in [4.78, 5) is 4.82. The van der Waals surface area contributed by atoms with Gasteiger partial charge in [-0.2, -0.15) is 0 Å². The highest BCUT2D eigenvalue weighted by atomic mass is 16.3. The first kappa shape index (κ1) is 19.5. The maximum Gasteiger partial charge on any atom is 0.162 e. The number of rotatable bonds is 4. The molecule has 0 spiro atoms. The number of hydrogen-bond donors (Lipinski definition) is 2. The van der Waals surface area contributed by atoms with E-state index in [1.165, 1.54) is 25.7 Å². The van der Waals surface area contributed by atoms with Crippen molar-refractivity contribution in [3.63, 3.8) is 0 Å². The monoisotopic (exact) mass is 382 g/mol. The fourth-order valence-electron chi connectivity index (χ4n) is 4.76. The molecule has 2 aromatic rings. The van der Waals surface area contributed by atoms with Gasteiger partial charge in [-0.3, -0.25) is 9.80 Å². The van der Waals surface area contributed by atoms with Gasteiger partial charge in [-0.1, -0.05) is 38.1 Å². The number of piperidine rings is 2. The maximum atomic E-state index is 10.9. The fourth-order valence-corrected chi connectivity index (χ4v) is 4.76. The van der Waals surface area contributed by atoms with Gasteiger partial charge in [-0.05, 0) is 74.5 Å². The summed E-state index contributed by atoms with van der Waals surface area (Å²) in [5.41, 5.74) is 1.75. The quantitative estimate of drug-likeness (QED) is 0.752. The first-order valence-corrected chi connectivity index (χ1v) is 10.9. The van der Waals surface area contributed by atoms with Gasteiger partial charge in [0.15, 0.2) is 11.5 Å². The lowest BCUT2D eigenvalue weighted by Gasteiger charge is -2.32. The van der Waals surface area contributed by atoms with Gasteiger partial charge in [0.05, 0.1) is 0 Å². The van der Waals surface area contributed by atoms with Crippen molar-refractivity contribution in [1.29, 1.82) is 0 Å². The van der Waals surface area contributed by atoms with Crippen LogP contribution in [0, 0.1) is 11.8 Å². The zero-order chi connectivity index (χ0) is 19.7. The van der Waals surface area contributed by atoms with Crippen LogP contribution in [0.25, 0.3) is 10.8 Å². The maximum absolute atomic E-state index is 10.9. The van der Waals surface area contributed by atoms with Gasteiger partial charge in [0.2, 0.25) is 0 Å². The average Bonchev–Trinajstić information content (AvgIpc) is 2.71. The van der Waals surface area contributed by atoms with Crippen LogP contribution in [0.15, 0.2) is 24.3 Å². The Morgan fingerprint density at radius 1 is 0.714 bits per heavy atom. The van der Waals surface area contributed by atoms with Crippen LogP contribution in [-0.4, -0.2) is 46.2 Å². The minimum Gasteiger partial charge on any atom is -0.504 e. The molecule has 0 radical (unpaired) electrons. The SMILES string of the molecule is CC1CCN(Cc2c(O)c(O)c(CN3CCC(C)CC3)c3ccccc23)CC1. The standard InChI is InChI=1S/C24H34N2O2/c1-17-7-11-25(12-8-17)15-21-19-5-3-4-6-20(19)22(24(28)23(21)27)16-26-13-9-18(2)10-14-26/h3-6,17-18,27-28H,7-16H2,1-2H3. The molecule has 2 N–H and O–H groups in total. The second kappa shape index (κ2) is 8.30. The van der Waals surface area contributed by atoms with Crippen LogP contribution in [0.5, 0.6) is 11.5 Å². The van der Waals surface area contributed by atoms with Crippen LogP contribution >= 0.6 is 0 Å². The van der Waals surface area contributed by atoms with E-state index in [4.69, 9.17) is 0 Å². The Labute approximate surface area is 168 Å². The van der Waals surface area contributed by atoms with E-state index in [0.717, 1.165) is 59.9 Å². The normalized spacial score (nSPS) is 20.8. The van der Waals surface area contributed by atoms with Crippen molar-refractivity contribution >= 4 is 10.8 Å². The summed E-state index contributed by atoms with van der Waals surface area (Å²) in [6, 6.07) is 8.26. The Hall–Kier alpha value is -1.78. The molecule has 0 aliphatic carbocycles. The molecule has 152 valence electrons. The number of likely N-dealkylation sites (tertiary alicyclic amines) is 2. The molecule has 0 atom stereocenters. The van der Waals surface area contributed by atoms with Crippen molar-refractivity contribution in [1.82, 2.24) is 9.80 Å². The van der Waals surface area contributed by atoms with Crippen LogP contribution in [0.1, 0.15) is 50.7 Å². The van der Waals surface area contributed by atoms with Gasteiger partial charge >= 0.3 is 0 Å². The number of phenols is 2. The minimum absolute atomic E-state index is 0.0812. The first-order chi connectivity index (χ1) is 13.5. The van der Waals surface area contributed by atoms with Crippen molar-refractivity contribution in [3.05, 3.63) is 35.4 Å². The van der Waals surface area contributed by atoms with Crippen molar-refractivity contribution in [3.8, 4) is 11.5 Å². The number of fused-ring (bicyclic) bond motifs is 1. The molecule has 0 bridgehead atoms. The van der Waals surface area contributed by atoms with Gasteiger partial charge in [0.1, 0.15) is 0 Å². The molecular formula is C24H34N2O2. The topological polar surface area (TPSA) is 46.9 Å². The number of hydrogen-bond acceptors (Lipinski definition) is 4.